The van der Waals surface area contributed by atoms with Gasteiger partial charge >= 0.3 is 6.03 Å². The number of hydrogen-bond acceptors (Lipinski definition) is 3. The summed E-state index contributed by atoms with van der Waals surface area (Å²) >= 11 is 0. The fourth-order valence-corrected chi connectivity index (χ4v) is 2.63. The van der Waals surface area contributed by atoms with E-state index in [1.54, 1.807) is 0 Å². The highest BCUT2D eigenvalue weighted by atomic mass is 31.0. The maximum absolute atomic E-state index is 14.2. The number of carbonyl (C=O) groups excluding carboxylic acids is 1. The van der Waals surface area contributed by atoms with Gasteiger partial charge in [0.15, 0.2) is 11.6 Å². The summed E-state index contributed by atoms with van der Waals surface area (Å²) < 4.78 is 19.5. The van der Waals surface area contributed by atoms with Gasteiger partial charge in [-0.15, -0.1) is 0 Å². The van der Waals surface area contributed by atoms with Gasteiger partial charge in [0.1, 0.15) is 0 Å². The summed E-state index contributed by atoms with van der Waals surface area (Å²) in [7, 11) is 2.09. The van der Waals surface area contributed by atoms with Crippen LogP contribution in [-0.2, 0) is 4.74 Å². The molecular weight excluding hydrogens is 234 g/mol. The monoisotopic (exact) mass is 250 g/mol. The minimum Gasteiger partial charge on any atom is -0.394 e. The van der Waals surface area contributed by atoms with Crippen molar-refractivity contribution in [1.82, 2.24) is 10.2 Å². The van der Waals surface area contributed by atoms with E-state index in [0.717, 1.165) is 6.42 Å². The van der Waals surface area contributed by atoms with Crippen LogP contribution in [0.5, 0.6) is 0 Å². The molecule has 0 aromatic heterocycles. The molecule has 2 aliphatic heterocycles. The van der Waals surface area contributed by atoms with Gasteiger partial charge in [-0.25, -0.2) is 9.18 Å². The summed E-state index contributed by atoms with van der Waals surface area (Å²) in [4.78, 5) is 12.9. The summed E-state index contributed by atoms with van der Waals surface area (Å²) in [6, 6.07) is -0.306. The number of amides is 2. The van der Waals surface area contributed by atoms with Crippen molar-refractivity contribution in [2.45, 2.75) is 30.6 Å². The second kappa shape index (κ2) is 4.43. The summed E-state index contributed by atoms with van der Waals surface area (Å²) in [6.45, 7) is 0.863. The van der Waals surface area contributed by atoms with Gasteiger partial charge in [0.05, 0.1) is 12.7 Å². The van der Waals surface area contributed by atoms with Gasteiger partial charge in [0.2, 0.25) is 0 Å². The van der Waals surface area contributed by atoms with Gasteiger partial charge < -0.3 is 15.2 Å². The number of urea groups is 1. The Hall–Kier alpha value is -0.450. The molecule has 2 rings (SSSR count). The van der Waals surface area contributed by atoms with Crippen molar-refractivity contribution in [3.63, 3.8) is 0 Å². The van der Waals surface area contributed by atoms with Crippen molar-refractivity contribution in [3.8, 4) is 0 Å². The van der Waals surface area contributed by atoms with Crippen LogP contribution in [0.4, 0.5) is 9.18 Å². The molecule has 2 heterocycles. The van der Waals surface area contributed by atoms with E-state index in [0.29, 0.717) is 13.1 Å². The second-order valence-electron chi connectivity index (χ2n) is 4.20. The third-order valence-corrected chi connectivity index (χ3v) is 3.39. The average Bonchev–Trinajstić information content (AvgIpc) is 2.54. The first-order chi connectivity index (χ1) is 7.54. The Morgan fingerprint density at radius 3 is 3.06 bits per heavy atom. The van der Waals surface area contributed by atoms with Gasteiger partial charge in [0.25, 0.3) is 0 Å². The van der Waals surface area contributed by atoms with Crippen LogP contribution >= 0.6 is 9.24 Å². The van der Waals surface area contributed by atoms with Crippen molar-refractivity contribution in [3.05, 3.63) is 0 Å². The van der Waals surface area contributed by atoms with Crippen LogP contribution < -0.4 is 5.32 Å². The molecule has 0 aromatic carbocycles. The van der Waals surface area contributed by atoms with Crippen LogP contribution in [0.1, 0.15) is 12.8 Å². The molecule has 2 amide bonds. The third-order valence-electron chi connectivity index (χ3n) is 2.87. The molecule has 0 bridgehead atoms. The lowest BCUT2D eigenvalue weighted by Crippen LogP contribution is -2.55. The quantitative estimate of drug-likeness (QED) is 0.681. The van der Waals surface area contributed by atoms with E-state index in [4.69, 9.17) is 9.84 Å². The molecular formula is C9H16FN2O3P. The maximum Gasteiger partial charge on any atom is 0.319 e. The summed E-state index contributed by atoms with van der Waals surface area (Å²) in [5, 5.41) is 9.93. The van der Waals surface area contributed by atoms with Crippen molar-refractivity contribution in [1.29, 1.82) is 0 Å². The third kappa shape index (κ3) is 2.14. The van der Waals surface area contributed by atoms with E-state index in [1.165, 1.54) is 4.90 Å². The van der Waals surface area contributed by atoms with Crippen LogP contribution in [0, 0.1) is 0 Å². The topological polar surface area (TPSA) is 61.8 Å². The van der Waals surface area contributed by atoms with Gasteiger partial charge in [-0.1, -0.05) is 9.24 Å². The van der Waals surface area contributed by atoms with E-state index >= 15 is 0 Å². The fraction of sp³-hybridized carbons (Fsp3) is 0.889. The molecule has 92 valence electrons. The van der Waals surface area contributed by atoms with Crippen molar-refractivity contribution >= 4 is 15.3 Å². The van der Waals surface area contributed by atoms with Gasteiger partial charge in [-0.3, -0.25) is 4.90 Å². The van der Waals surface area contributed by atoms with E-state index in [1.807, 2.05) is 0 Å². The molecule has 4 atom stereocenters. The van der Waals surface area contributed by atoms with Gasteiger partial charge in [0, 0.05) is 19.5 Å². The number of halogens is 1. The molecule has 0 aliphatic carbocycles. The highest BCUT2D eigenvalue weighted by Gasteiger charge is 2.50. The normalized spacial score (nSPS) is 39.9. The van der Waals surface area contributed by atoms with E-state index in [2.05, 4.69) is 14.6 Å². The zero-order valence-corrected chi connectivity index (χ0v) is 10.0. The molecule has 0 radical (unpaired) electrons. The first-order valence-corrected chi connectivity index (χ1v) is 5.91. The van der Waals surface area contributed by atoms with Crippen LogP contribution in [0.25, 0.3) is 0 Å². The van der Waals surface area contributed by atoms with Crippen molar-refractivity contribution in [2.24, 2.45) is 0 Å². The Kier molecular flexibility index (Phi) is 3.33. The van der Waals surface area contributed by atoms with E-state index in [9.17, 15) is 9.18 Å². The van der Waals surface area contributed by atoms with E-state index < -0.39 is 17.7 Å². The molecule has 2 N–H and O–H groups in total. The highest BCUT2D eigenvalue weighted by molar-refractivity contribution is 7.18. The number of hydrogen-bond donors (Lipinski definition) is 2. The number of aliphatic hydroxyl groups excluding tert-OH is 1. The molecule has 2 fully saturated rings. The second-order valence-corrected chi connectivity index (χ2v) is 5.16. The molecule has 2 saturated heterocycles. The summed E-state index contributed by atoms with van der Waals surface area (Å²) in [5.74, 6) is 0. The first kappa shape index (κ1) is 12.0. The smallest absolute Gasteiger partial charge is 0.319 e. The first-order valence-electron chi connectivity index (χ1n) is 5.33. The lowest BCUT2D eigenvalue weighted by Gasteiger charge is -2.36. The number of carbonyl (C=O) groups is 1. The van der Waals surface area contributed by atoms with Crippen LogP contribution in [0.3, 0.4) is 0 Å². The largest absolute Gasteiger partial charge is 0.394 e. The molecule has 1 unspecified atom stereocenters. The number of alkyl halides is 1. The summed E-state index contributed by atoms with van der Waals surface area (Å²) in [5.41, 5.74) is 0. The molecule has 0 aromatic rings. The zero-order chi connectivity index (χ0) is 11.8. The lowest BCUT2D eigenvalue weighted by atomic mass is 10.2. The summed E-state index contributed by atoms with van der Waals surface area (Å²) in [6.07, 6.45) is -0.601. The molecule has 2 aliphatic rings. The zero-order valence-electron chi connectivity index (χ0n) is 8.86. The minimum atomic E-state index is -1.68. The molecule has 0 spiro atoms. The number of nitrogens with zero attached hydrogens (tertiary/aromatic N) is 1. The predicted molar refractivity (Wildman–Crippen MR) is 58.6 cm³/mol. The highest BCUT2D eigenvalue weighted by Crippen LogP contribution is 2.41. The Morgan fingerprint density at radius 2 is 2.50 bits per heavy atom. The van der Waals surface area contributed by atoms with Gasteiger partial charge in [-0.2, -0.15) is 0 Å². The van der Waals surface area contributed by atoms with E-state index in [-0.39, 0.29) is 19.1 Å². The SMILES string of the molecule is O=C1NCCCN1[C@@H]1O[C@H](CO)C[C@@]1(F)P. The predicted octanol–water partition coefficient (Wildman–Crippen LogP) is 0.0499. The van der Waals surface area contributed by atoms with Crippen LogP contribution in [-0.4, -0.2) is 53.5 Å². The van der Waals surface area contributed by atoms with Crippen LogP contribution in [0.2, 0.25) is 0 Å². The number of aliphatic hydroxyl groups is 1. The Bertz CT molecular complexity index is 290. The Morgan fingerprint density at radius 1 is 1.75 bits per heavy atom. The van der Waals surface area contributed by atoms with Crippen molar-refractivity contribution < 1.29 is 19.0 Å². The number of nitrogens with one attached hydrogen (secondary N) is 1. The van der Waals surface area contributed by atoms with Crippen molar-refractivity contribution in [2.75, 3.05) is 19.7 Å². The van der Waals surface area contributed by atoms with Gasteiger partial charge in [-0.05, 0) is 6.42 Å². The number of ether oxygens (including phenoxy) is 1. The maximum atomic E-state index is 14.2. The Balaban J connectivity index is 2.10. The van der Waals surface area contributed by atoms with Crippen LogP contribution in [0.15, 0.2) is 0 Å². The lowest BCUT2D eigenvalue weighted by molar-refractivity contribution is -0.0749. The standard InChI is InChI=1S/C9H16FN2O3P/c10-9(16)4-6(5-13)15-7(9)12-3-1-2-11-8(12)14/h6-7,13H,1-5,16H2,(H,11,14)/t6-,7+,9+/m0/s1. The molecule has 5 nitrogen and oxygen atoms in total. The number of rotatable bonds is 2. The molecule has 0 saturated carbocycles. The fourth-order valence-electron chi connectivity index (χ4n) is 2.10. The molecule has 16 heavy (non-hydrogen) atoms. The average molecular weight is 250 g/mol. The molecule has 7 heteroatoms. The Labute approximate surface area is 95.5 Å². The minimum absolute atomic E-state index is 0.0859.